The second kappa shape index (κ2) is 6.76. The van der Waals surface area contributed by atoms with Crippen LogP contribution in [0.1, 0.15) is 45.1 Å². The molecule has 1 unspecified atom stereocenters. The molecule has 0 aliphatic heterocycles. The molecule has 3 heteroatoms. The molecule has 1 aromatic rings. The van der Waals surface area contributed by atoms with Crippen molar-refractivity contribution in [2.24, 2.45) is 5.92 Å². The van der Waals surface area contributed by atoms with E-state index in [0.717, 1.165) is 29.3 Å². The predicted molar refractivity (Wildman–Crippen MR) is 83.9 cm³/mol. The molecule has 0 spiro atoms. The van der Waals surface area contributed by atoms with Gasteiger partial charge in [-0.3, -0.25) is 0 Å². The van der Waals surface area contributed by atoms with E-state index in [-0.39, 0.29) is 0 Å². The second-order valence-electron chi connectivity index (χ2n) is 5.77. The van der Waals surface area contributed by atoms with E-state index in [1.165, 1.54) is 18.4 Å². The monoisotopic (exact) mass is 325 g/mol. The lowest BCUT2D eigenvalue weighted by molar-refractivity contribution is 0.299. The van der Waals surface area contributed by atoms with Crippen LogP contribution in [-0.2, 0) is 0 Å². The summed E-state index contributed by atoms with van der Waals surface area (Å²) in [4.78, 5) is 0. The Hall–Kier alpha value is -0.540. The molecule has 1 atom stereocenters. The summed E-state index contributed by atoms with van der Waals surface area (Å²) in [5.74, 6) is 2.39. The lowest BCUT2D eigenvalue weighted by Crippen LogP contribution is -2.31. The highest BCUT2D eigenvalue weighted by molar-refractivity contribution is 9.10. The summed E-state index contributed by atoms with van der Waals surface area (Å²) >= 11 is 3.52. The van der Waals surface area contributed by atoms with E-state index in [0.29, 0.717) is 12.0 Å². The third kappa shape index (κ3) is 4.50. The highest BCUT2D eigenvalue weighted by atomic mass is 79.9. The Morgan fingerprint density at radius 3 is 2.68 bits per heavy atom. The van der Waals surface area contributed by atoms with Crippen LogP contribution in [0, 0.1) is 5.92 Å². The highest BCUT2D eigenvalue weighted by Crippen LogP contribution is 2.32. The largest absolute Gasteiger partial charge is 0.492 e. The molecule has 1 aliphatic rings. The van der Waals surface area contributed by atoms with Gasteiger partial charge >= 0.3 is 0 Å². The topological polar surface area (TPSA) is 21.3 Å². The molecule has 0 radical (unpaired) electrons. The first-order valence-corrected chi connectivity index (χ1v) is 8.03. The summed E-state index contributed by atoms with van der Waals surface area (Å²) in [5.41, 5.74) is 1.27. The van der Waals surface area contributed by atoms with E-state index in [1.807, 2.05) is 6.07 Å². The molecule has 1 N–H and O–H groups in total. The van der Waals surface area contributed by atoms with Gasteiger partial charge in [0, 0.05) is 17.1 Å². The van der Waals surface area contributed by atoms with E-state index in [1.54, 1.807) is 0 Å². The molecule has 1 saturated carbocycles. The number of hydrogen-bond acceptors (Lipinski definition) is 2. The maximum absolute atomic E-state index is 5.92. The van der Waals surface area contributed by atoms with E-state index >= 15 is 0 Å². The molecule has 1 aromatic carbocycles. The molecule has 0 bridgehead atoms. The first-order chi connectivity index (χ1) is 9.08. The Balaban J connectivity index is 1.81. The van der Waals surface area contributed by atoms with E-state index in [4.69, 9.17) is 4.74 Å². The highest BCUT2D eigenvalue weighted by Gasteiger charge is 2.27. The van der Waals surface area contributed by atoms with Crippen LogP contribution in [0.15, 0.2) is 22.7 Å². The van der Waals surface area contributed by atoms with Crippen molar-refractivity contribution in [3.63, 3.8) is 0 Å². The molecule has 2 rings (SSSR count). The van der Waals surface area contributed by atoms with Crippen molar-refractivity contribution < 1.29 is 4.74 Å². The standard InChI is InChI=1S/C16H24BrNO/c1-11(2)15-10-14(17)6-7-16(15)19-9-8-18-12(3)13-4-5-13/h6-7,10-13,18H,4-5,8-9H2,1-3H3. The summed E-state index contributed by atoms with van der Waals surface area (Å²) in [6, 6.07) is 6.89. The smallest absolute Gasteiger partial charge is 0.122 e. The Labute approximate surface area is 125 Å². The van der Waals surface area contributed by atoms with Crippen LogP contribution < -0.4 is 10.1 Å². The van der Waals surface area contributed by atoms with Gasteiger partial charge < -0.3 is 10.1 Å². The first-order valence-electron chi connectivity index (χ1n) is 7.23. The van der Waals surface area contributed by atoms with Crippen LogP contribution in [0.5, 0.6) is 5.75 Å². The quantitative estimate of drug-likeness (QED) is 0.753. The summed E-state index contributed by atoms with van der Waals surface area (Å²) in [5, 5.41) is 3.54. The molecule has 106 valence electrons. The molecule has 0 aromatic heterocycles. The van der Waals surface area contributed by atoms with Crippen molar-refractivity contribution in [1.82, 2.24) is 5.32 Å². The van der Waals surface area contributed by atoms with Crippen LogP contribution in [-0.4, -0.2) is 19.2 Å². The Bertz CT molecular complexity index is 415. The van der Waals surface area contributed by atoms with Gasteiger partial charge in [0.2, 0.25) is 0 Å². The fourth-order valence-electron chi connectivity index (χ4n) is 2.31. The minimum absolute atomic E-state index is 0.478. The van der Waals surface area contributed by atoms with Crippen LogP contribution in [0.2, 0.25) is 0 Å². The van der Waals surface area contributed by atoms with Crippen molar-refractivity contribution >= 4 is 15.9 Å². The molecular formula is C16H24BrNO. The third-order valence-corrected chi connectivity index (χ3v) is 4.24. The average Bonchev–Trinajstić information content (AvgIpc) is 3.19. The van der Waals surface area contributed by atoms with Crippen molar-refractivity contribution in [2.75, 3.05) is 13.2 Å². The fraction of sp³-hybridized carbons (Fsp3) is 0.625. The summed E-state index contributed by atoms with van der Waals surface area (Å²) in [7, 11) is 0. The van der Waals surface area contributed by atoms with Gasteiger partial charge in [0.05, 0.1) is 0 Å². The van der Waals surface area contributed by atoms with Gasteiger partial charge in [-0.15, -0.1) is 0 Å². The first kappa shape index (κ1) is 14.9. The molecule has 0 heterocycles. The van der Waals surface area contributed by atoms with Gasteiger partial charge in [-0.25, -0.2) is 0 Å². The molecule has 19 heavy (non-hydrogen) atoms. The molecule has 0 amide bonds. The van der Waals surface area contributed by atoms with Gasteiger partial charge in [0.25, 0.3) is 0 Å². The maximum atomic E-state index is 5.92. The van der Waals surface area contributed by atoms with Gasteiger partial charge in [-0.2, -0.15) is 0 Å². The van der Waals surface area contributed by atoms with Crippen molar-refractivity contribution in [3.05, 3.63) is 28.2 Å². The van der Waals surface area contributed by atoms with Crippen molar-refractivity contribution in [3.8, 4) is 5.75 Å². The molecule has 1 fully saturated rings. The number of rotatable bonds is 7. The zero-order valence-electron chi connectivity index (χ0n) is 12.1. The van der Waals surface area contributed by atoms with Crippen LogP contribution in [0.25, 0.3) is 0 Å². The number of nitrogens with one attached hydrogen (secondary N) is 1. The van der Waals surface area contributed by atoms with E-state index in [2.05, 4.69) is 54.2 Å². The van der Waals surface area contributed by atoms with Crippen molar-refractivity contribution in [1.29, 1.82) is 0 Å². The van der Waals surface area contributed by atoms with Crippen LogP contribution >= 0.6 is 15.9 Å². The summed E-state index contributed by atoms with van der Waals surface area (Å²) < 4.78 is 7.04. The summed E-state index contributed by atoms with van der Waals surface area (Å²) in [6.07, 6.45) is 2.78. The Morgan fingerprint density at radius 2 is 2.05 bits per heavy atom. The van der Waals surface area contributed by atoms with Gasteiger partial charge in [-0.1, -0.05) is 29.8 Å². The summed E-state index contributed by atoms with van der Waals surface area (Å²) in [6.45, 7) is 8.32. The molecule has 1 aliphatic carbocycles. The Kier molecular flexibility index (Phi) is 5.28. The molecule has 2 nitrogen and oxygen atoms in total. The van der Waals surface area contributed by atoms with Crippen LogP contribution in [0.3, 0.4) is 0 Å². The lowest BCUT2D eigenvalue weighted by Gasteiger charge is -2.16. The van der Waals surface area contributed by atoms with Gasteiger partial charge in [-0.05, 0) is 55.4 Å². The average molecular weight is 326 g/mol. The fourth-order valence-corrected chi connectivity index (χ4v) is 2.69. The molecule has 0 saturated heterocycles. The minimum Gasteiger partial charge on any atom is -0.492 e. The number of benzene rings is 1. The maximum Gasteiger partial charge on any atom is 0.122 e. The Morgan fingerprint density at radius 1 is 1.32 bits per heavy atom. The minimum atomic E-state index is 0.478. The second-order valence-corrected chi connectivity index (χ2v) is 6.68. The number of hydrogen-bond donors (Lipinski definition) is 1. The SMILES string of the molecule is CC(C)c1cc(Br)ccc1OCCNC(C)C1CC1. The zero-order chi connectivity index (χ0) is 13.8. The van der Waals surface area contributed by atoms with Gasteiger partial charge in [0.1, 0.15) is 12.4 Å². The number of ether oxygens (including phenoxy) is 1. The number of halogens is 1. The van der Waals surface area contributed by atoms with E-state index in [9.17, 15) is 0 Å². The third-order valence-electron chi connectivity index (χ3n) is 3.75. The predicted octanol–water partition coefficient (Wildman–Crippen LogP) is 4.34. The van der Waals surface area contributed by atoms with E-state index < -0.39 is 0 Å². The zero-order valence-corrected chi connectivity index (χ0v) is 13.7. The van der Waals surface area contributed by atoms with Crippen molar-refractivity contribution in [2.45, 2.75) is 45.6 Å². The van der Waals surface area contributed by atoms with Gasteiger partial charge in [0.15, 0.2) is 0 Å². The van der Waals surface area contributed by atoms with Crippen LogP contribution in [0.4, 0.5) is 0 Å². The normalized spacial score (nSPS) is 16.7. The lowest BCUT2D eigenvalue weighted by atomic mass is 10.0. The molecular weight excluding hydrogens is 302 g/mol.